The zero-order valence-electron chi connectivity index (χ0n) is 12.6. The van der Waals surface area contributed by atoms with Crippen LogP contribution in [0.5, 0.6) is 0 Å². The van der Waals surface area contributed by atoms with Gasteiger partial charge in [0.05, 0.1) is 0 Å². The van der Waals surface area contributed by atoms with E-state index in [9.17, 15) is 0 Å². The maximum absolute atomic E-state index is 6.16. The molecule has 2 aromatic carbocycles. The van der Waals surface area contributed by atoms with E-state index < -0.39 is 0 Å². The lowest BCUT2D eigenvalue weighted by Crippen LogP contribution is -2.11. The first-order chi connectivity index (χ1) is 9.50. The van der Waals surface area contributed by atoms with E-state index in [-0.39, 0.29) is 5.41 Å². The first-order valence-corrected chi connectivity index (χ1v) is 7.74. The van der Waals surface area contributed by atoms with Crippen molar-refractivity contribution < 1.29 is 0 Å². The van der Waals surface area contributed by atoms with E-state index in [1.54, 1.807) is 0 Å². The highest BCUT2D eigenvalue weighted by Crippen LogP contribution is 2.25. The first kappa shape index (κ1) is 15.1. The molecular weight excluding hydrogens is 264 g/mol. The molecule has 0 spiro atoms. The summed E-state index contributed by atoms with van der Waals surface area (Å²) in [6.07, 6.45) is 0.998. The van der Waals surface area contributed by atoms with E-state index in [0.29, 0.717) is 11.8 Å². The van der Waals surface area contributed by atoms with Crippen LogP contribution in [0.3, 0.4) is 0 Å². The lowest BCUT2D eigenvalue weighted by atomic mass is 9.85. The summed E-state index contributed by atoms with van der Waals surface area (Å²) >= 11 is 6.16. The molecule has 1 unspecified atom stereocenters. The lowest BCUT2D eigenvalue weighted by molar-refractivity contribution is 0.589. The molecule has 1 heteroatoms. The Hall–Kier alpha value is -1.27. The Morgan fingerprint density at radius 1 is 0.900 bits per heavy atom. The average Bonchev–Trinajstić information content (AvgIpc) is 2.45. The van der Waals surface area contributed by atoms with Crippen molar-refractivity contribution in [3.8, 4) is 0 Å². The topological polar surface area (TPSA) is 0 Å². The number of rotatable bonds is 4. The summed E-state index contributed by atoms with van der Waals surface area (Å²) in [6.45, 7) is 6.73. The third-order valence-electron chi connectivity index (χ3n) is 3.76. The van der Waals surface area contributed by atoms with Gasteiger partial charge in [-0.25, -0.2) is 0 Å². The Bertz CT molecular complexity index is 520. The van der Waals surface area contributed by atoms with E-state index in [0.717, 1.165) is 6.42 Å². The van der Waals surface area contributed by atoms with Gasteiger partial charge < -0.3 is 0 Å². The van der Waals surface area contributed by atoms with Gasteiger partial charge in [-0.2, -0.15) is 0 Å². The van der Waals surface area contributed by atoms with E-state index in [4.69, 9.17) is 11.6 Å². The van der Waals surface area contributed by atoms with Crippen LogP contribution in [-0.2, 0) is 11.8 Å². The van der Waals surface area contributed by atoms with Gasteiger partial charge in [0.1, 0.15) is 0 Å². The third kappa shape index (κ3) is 3.86. The molecule has 0 saturated heterocycles. The predicted molar refractivity (Wildman–Crippen MR) is 88.7 cm³/mol. The molecule has 0 radical (unpaired) electrons. The molecule has 2 aromatic rings. The molecule has 0 N–H and O–H groups in total. The van der Waals surface area contributed by atoms with Crippen molar-refractivity contribution in [2.45, 2.75) is 38.5 Å². The fourth-order valence-corrected chi connectivity index (χ4v) is 2.70. The van der Waals surface area contributed by atoms with Crippen molar-refractivity contribution in [1.82, 2.24) is 0 Å². The first-order valence-electron chi connectivity index (χ1n) is 7.21. The average molecular weight is 287 g/mol. The Labute approximate surface area is 127 Å². The molecule has 20 heavy (non-hydrogen) atoms. The van der Waals surface area contributed by atoms with E-state index in [1.807, 2.05) is 6.07 Å². The maximum Gasteiger partial charge on any atom is 0.0295 e. The van der Waals surface area contributed by atoms with Crippen LogP contribution in [0.1, 0.15) is 43.4 Å². The van der Waals surface area contributed by atoms with Crippen molar-refractivity contribution >= 4 is 11.6 Å². The predicted octanol–water partition coefficient (Wildman–Crippen LogP) is 5.55. The van der Waals surface area contributed by atoms with Crippen molar-refractivity contribution in [2.24, 2.45) is 0 Å². The minimum absolute atomic E-state index is 0.212. The standard InChI is InChI=1S/C19H23Cl/c1-19(2,3)18-11-9-15(10-12-18)13-17(14-20)16-7-5-4-6-8-16/h4-12,17H,13-14H2,1-3H3. The second kappa shape index (κ2) is 6.45. The van der Waals surface area contributed by atoms with Gasteiger partial charge in [0.25, 0.3) is 0 Å². The molecule has 0 aliphatic carbocycles. The van der Waals surface area contributed by atoms with Crippen LogP contribution >= 0.6 is 11.6 Å². The summed E-state index contributed by atoms with van der Waals surface area (Å²) in [4.78, 5) is 0. The van der Waals surface area contributed by atoms with Crippen molar-refractivity contribution in [3.63, 3.8) is 0 Å². The van der Waals surface area contributed by atoms with Crippen LogP contribution in [0.4, 0.5) is 0 Å². The van der Waals surface area contributed by atoms with Crippen molar-refractivity contribution in [2.75, 3.05) is 5.88 Å². The highest BCUT2D eigenvalue weighted by molar-refractivity contribution is 6.18. The Morgan fingerprint density at radius 2 is 1.50 bits per heavy atom. The Kier molecular flexibility index (Phi) is 4.88. The highest BCUT2D eigenvalue weighted by atomic mass is 35.5. The van der Waals surface area contributed by atoms with Crippen LogP contribution in [-0.4, -0.2) is 5.88 Å². The molecule has 2 rings (SSSR count). The molecular formula is C19H23Cl. The molecule has 0 nitrogen and oxygen atoms in total. The minimum Gasteiger partial charge on any atom is -0.126 e. The fraction of sp³-hybridized carbons (Fsp3) is 0.368. The third-order valence-corrected chi connectivity index (χ3v) is 4.13. The zero-order valence-corrected chi connectivity index (χ0v) is 13.3. The second-order valence-corrected chi connectivity index (χ2v) is 6.72. The summed E-state index contributed by atoms with van der Waals surface area (Å²) < 4.78 is 0. The summed E-state index contributed by atoms with van der Waals surface area (Å²) in [7, 11) is 0. The van der Waals surface area contributed by atoms with Gasteiger partial charge >= 0.3 is 0 Å². The molecule has 0 heterocycles. The molecule has 0 aromatic heterocycles. The molecule has 0 amide bonds. The van der Waals surface area contributed by atoms with Gasteiger partial charge in [-0.15, -0.1) is 11.6 Å². The monoisotopic (exact) mass is 286 g/mol. The minimum atomic E-state index is 0.212. The van der Waals surface area contributed by atoms with Crippen molar-refractivity contribution in [3.05, 3.63) is 71.3 Å². The fourth-order valence-electron chi connectivity index (χ4n) is 2.41. The lowest BCUT2D eigenvalue weighted by Gasteiger charge is -2.20. The molecule has 0 aliphatic heterocycles. The van der Waals surface area contributed by atoms with Crippen molar-refractivity contribution in [1.29, 1.82) is 0 Å². The number of alkyl halides is 1. The van der Waals surface area contributed by atoms with Gasteiger partial charge in [0, 0.05) is 11.8 Å². The normalized spacial score (nSPS) is 13.2. The molecule has 106 valence electrons. The number of hydrogen-bond acceptors (Lipinski definition) is 0. The quantitative estimate of drug-likeness (QED) is 0.647. The zero-order chi connectivity index (χ0) is 14.6. The van der Waals surface area contributed by atoms with Gasteiger partial charge in [-0.3, -0.25) is 0 Å². The van der Waals surface area contributed by atoms with E-state index in [1.165, 1.54) is 16.7 Å². The number of hydrogen-bond donors (Lipinski definition) is 0. The van der Waals surface area contributed by atoms with Crippen LogP contribution in [0, 0.1) is 0 Å². The second-order valence-electron chi connectivity index (χ2n) is 6.41. The Balaban J connectivity index is 2.13. The molecule has 0 aliphatic rings. The number of halogens is 1. The summed E-state index contributed by atoms with van der Waals surface area (Å²) in [6, 6.07) is 19.5. The highest BCUT2D eigenvalue weighted by Gasteiger charge is 2.14. The van der Waals surface area contributed by atoms with Crippen LogP contribution < -0.4 is 0 Å². The largest absolute Gasteiger partial charge is 0.126 e. The SMILES string of the molecule is CC(C)(C)c1ccc(CC(CCl)c2ccccc2)cc1. The van der Waals surface area contributed by atoms with Crippen LogP contribution in [0.15, 0.2) is 54.6 Å². The van der Waals surface area contributed by atoms with Gasteiger partial charge in [-0.1, -0.05) is 75.4 Å². The molecule has 0 bridgehead atoms. The summed E-state index contributed by atoms with van der Waals surface area (Å²) in [5, 5.41) is 0. The number of benzene rings is 2. The molecule has 0 saturated carbocycles. The van der Waals surface area contributed by atoms with Gasteiger partial charge in [0.15, 0.2) is 0 Å². The van der Waals surface area contributed by atoms with Gasteiger partial charge in [0.2, 0.25) is 0 Å². The molecule has 1 atom stereocenters. The van der Waals surface area contributed by atoms with Crippen LogP contribution in [0.2, 0.25) is 0 Å². The van der Waals surface area contributed by atoms with Gasteiger partial charge in [-0.05, 0) is 28.5 Å². The van der Waals surface area contributed by atoms with E-state index >= 15 is 0 Å². The Morgan fingerprint density at radius 3 is 2.00 bits per heavy atom. The summed E-state index contributed by atoms with van der Waals surface area (Å²) in [5.74, 6) is 1.05. The summed E-state index contributed by atoms with van der Waals surface area (Å²) in [5.41, 5.74) is 4.27. The van der Waals surface area contributed by atoms with E-state index in [2.05, 4.69) is 69.3 Å². The smallest absolute Gasteiger partial charge is 0.0295 e. The van der Waals surface area contributed by atoms with Crippen LogP contribution in [0.25, 0.3) is 0 Å². The molecule has 0 fully saturated rings. The maximum atomic E-state index is 6.16.